The van der Waals surface area contributed by atoms with Crippen molar-refractivity contribution in [3.05, 3.63) is 23.8 Å². The Morgan fingerprint density at radius 2 is 1.73 bits per heavy atom. The molecule has 0 spiro atoms. The lowest BCUT2D eigenvalue weighted by Gasteiger charge is -2.26. The summed E-state index contributed by atoms with van der Waals surface area (Å²) in [5.74, 6) is 0.0718. The number of rotatable bonds is 8. The van der Waals surface area contributed by atoms with Crippen LogP contribution in [-0.2, 0) is 16.0 Å². The summed E-state index contributed by atoms with van der Waals surface area (Å²) in [5, 5.41) is 11.6. The fraction of sp³-hybridized carbons (Fsp3) is 0.500. The van der Waals surface area contributed by atoms with Crippen LogP contribution in [0.15, 0.2) is 18.2 Å². The number of aliphatic carboxylic acids is 1. The van der Waals surface area contributed by atoms with E-state index in [4.69, 9.17) is 14.6 Å². The Kier molecular flexibility index (Phi) is 6.22. The minimum atomic E-state index is -0.881. The number of carboxylic acid groups (broad SMARTS) is 1. The van der Waals surface area contributed by atoms with Crippen molar-refractivity contribution in [2.75, 3.05) is 14.2 Å². The van der Waals surface area contributed by atoms with Gasteiger partial charge in [-0.2, -0.15) is 0 Å². The van der Waals surface area contributed by atoms with E-state index < -0.39 is 11.5 Å². The lowest BCUT2D eigenvalue weighted by atomic mass is 9.97. The Balaban J connectivity index is 2.78. The monoisotopic (exact) mass is 309 g/mol. The molecule has 0 fully saturated rings. The minimum absolute atomic E-state index is 0.00522. The van der Waals surface area contributed by atoms with Gasteiger partial charge in [-0.25, -0.2) is 0 Å². The largest absolute Gasteiger partial charge is 0.496 e. The standard InChI is InChI=1S/C16H23NO5/c1-16(2,9-8-15(19)20)17-14(18)10-11-12(21-3)6-5-7-13(11)22-4/h5-7H,8-10H2,1-4H3,(H,17,18)(H,19,20). The van der Waals surface area contributed by atoms with Crippen LogP contribution in [-0.4, -0.2) is 36.7 Å². The third kappa shape index (κ3) is 5.27. The topological polar surface area (TPSA) is 84.9 Å². The first kappa shape index (κ1) is 17.8. The van der Waals surface area contributed by atoms with E-state index in [9.17, 15) is 9.59 Å². The molecule has 1 rings (SSSR count). The number of nitrogens with one attached hydrogen (secondary N) is 1. The summed E-state index contributed by atoms with van der Waals surface area (Å²) >= 11 is 0. The third-order valence-corrected chi connectivity index (χ3v) is 3.31. The van der Waals surface area contributed by atoms with Crippen molar-refractivity contribution < 1.29 is 24.2 Å². The van der Waals surface area contributed by atoms with Gasteiger partial charge in [0.15, 0.2) is 0 Å². The van der Waals surface area contributed by atoms with Gasteiger partial charge in [0.1, 0.15) is 11.5 Å². The van der Waals surface area contributed by atoms with Gasteiger partial charge in [-0.1, -0.05) is 6.07 Å². The van der Waals surface area contributed by atoms with Crippen molar-refractivity contribution in [1.29, 1.82) is 0 Å². The van der Waals surface area contributed by atoms with Gasteiger partial charge < -0.3 is 19.9 Å². The number of ether oxygens (including phenoxy) is 2. The summed E-state index contributed by atoms with van der Waals surface area (Å²) in [6.45, 7) is 3.60. The molecule has 0 saturated carbocycles. The van der Waals surface area contributed by atoms with Gasteiger partial charge in [0.25, 0.3) is 0 Å². The molecule has 0 radical (unpaired) electrons. The van der Waals surface area contributed by atoms with Crippen molar-refractivity contribution in [2.45, 2.75) is 38.6 Å². The van der Waals surface area contributed by atoms with Crippen LogP contribution < -0.4 is 14.8 Å². The molecule has 1 aromatic rings. The molecule has 0 unspecified atom stereocenters. The van der Waals surface area contributed by atoms with E-state index in [-0.39, 0.29) is 18.7 Å². The number of hydrogen-bond donors (Lipinski definition) is 2. The van der Waals surface area contributed by atoms with Crippen LogP contribution in [0.5, 0.6) is 11.5 Å². The molecule has 22 heavy (non-hydrogen) atoms. The molecule has 6 heteroatoms. The summed E-state index contributed by atoms with van der Waals surface area (Å²) in [6.07, 6.45) is 0.464. The molecule has 122 valence electrons. The molecular weight excluding hydrogens is 286 g/mol. The zero-order valence-corrected chi connectivity index (χ0v) is 13.4. The molecule has 0 atom stereocenters. The number of hydrogen-bond acceptors (Lipinski definition) is 4. The van der Waals surface area contributed by atoms with E-state index in [1.54, 1.807) is 32.0 Å². The molecular formula is C16H23NO5. The van der Waals surface area contributed by atoms with Crippen LogP contribution in [0.4, 0.5) is 0 Å². The van der Waals surface area contributed by atoms with Crippen LogP contribution in [0.2, 0.25) is 0 Å². The Morgan fingerprint density at radius 1 is 1.18 bits per heavy atom. The van der Waals surface area contributed by atoms with Crippen LogP contribution in [0, 0.1) is 0 Å². The summed E-state index contributed by atoms with van der Waals surface area (Å²) < 4.78 is 10.5. The second kappa shape index (κ2) is 7.68. The van der Waals surface area contributed by atoms with E-state index in [1.165, 1.54) is 14.2 Å². The van der Waals surface area contributed by atoms with Gasteiger partial charge in [-0.15, -0.1) is 0 Å². The molecule has 0 saturated heterocycles. The average Bonchev–Trinajstić information content (AvgIpc) is 2.44. The molecule has 0 aliphatic heterocycles. The van der Waals surface area contributed by atoms with Crippen LogP contribution in [0.25, 0.3) is 0 Å². The first-order chi connectivity index (χ1) is 10.3. The molecule has 1 amide bonds. The predicted molar refractivity (Wildman–Crippen MR) is 82.3 cm³/mol. The Labute approximate surface area is 130 Å². The second-order valence-corrected chi connectivity index (χ2v) is 5.64. The molecule has 0 heterocycles. The molecule has 1 aromatic carbocycles. The molecule has 0 bridgehead atoms. The maximum atomic E-state index is 12.2. The van der Waals surface area contributed by atoms with Crippen molar-refractivity contribution in [3.8, 4) is 11.5 Å². The molecule has 0 aliphatic carbocycles. The number of benzene rings is 1. The number of carbonyl (C=O) groups excluding carboxylic acids is 1. The summed E-state index contributed by atoms with van der Waals surface area (Å²) in [6, 6.07) is 5.32. The fourth-order valence-electron chi connectivity index (χ4n) is 2.17. The van der Waals surface area contributed by atoms with E-state index in [2.05, 4.69) is 5.32 Å². The zero-order valence-electron chi connectivity index (χ0n) is 13.4. The molecule has 0 aromatic heterocycles. The molecule has 2 N–H and O–H groups in total. The normalized spacial score (nSPS) is 10.9. The number of carboxylic acids is 1. The van der Waals surface area contributed by atoms with Crippen LogP contribution in [0.3, 0.4) is 0 Å². The highest BCUT2D eigenvalue weighted by molar-refractivity contribution is 5.81. The third-order valence-electron chi connectivity index (χ3n) is 3.31. The summed E-state index contributed by atoms with van der Waals surface area (Å²) in [5.41, 5.74) is 0.0732. The SMILES string of the molecule is COc1cccc(OC)c1CC(=O)NC(C)(C)CCC(=O)O. The van der Waals surface area contributed by atoms with E-state index in [0.717, 1.165) is 0 Å². The highest BCUT2D eigenvalue weighted by Crippen LogP contribution is 2.28. The first-order valence-electron chi connectivity index (χ1n) is 7.01. The molecule has 0 aliphatic rings. The van der Waals surface area contributed by atoms with Crippen molar-refractivity contribution in [1.82, 2.24) is 5.32 Å². The van der Waals surface area contributed by atoms with Crippen LogP contribution >= 0.6 is 0 Å². The lowest BCUT2D eigenvalue weighted by molar-refractivity contribution is -0.137. The average molecular weight is 309 g/mol. The number of carbonyl (C=O) groups is 2. The van der Waals surface area contributed by atoms with Gasteiger partial charge in [-0.3, -0.25) is 9.59 Å². The Bertz CT molecular complexity index is 517. The summed E-state index contributed by atoms with van der Waals surface area (Å²) in [7, 11) is 3.07. The first-order valence-corrected chi connectivity index (χ1v) is 7.01. The number of methoxy groups -OCH3 is 2. The van der Waals surface area contributed by atoms with Gasteiger partial charge in [0.2, 0.25) is 5.91 Å². The van der Waals surface area contributed by atoms with Gasteiger partial charge in [0.05, 0.1) is 20.6 Å². The predicted octanol–water partition coefficient (Wildman–Crippen LogP) is 2.01. The smallest absolute Gasteiger partial charge is 0.303 e. The van der Waals surface area contributed by atoms with Crippen molar-refractivity contribution >= 4 is 11.9 Å². The number of amides is 1. The fourth-order valence-corrected chi connectivity index (χ4v) is 2.17. The summed E-state index contributed by atoms with van der Waals surface area (Å²) in [4.78, 5) is 22.9. The van der Waals surface area contributed by atoms with Gasteiger partial charge in [0, 0.05) is 17.5 Å². The van der Waals surface area contributed by atoms with Crippen LogP contribution in [0.1, 0.15) is 32.3 Å². The maximum absolute atomic E-state index is 12.2. The van der Waals surface area contributed by atoms with E-state index in [0.29, 0.717) is 23.5 Å². The maximum Gasteiger partial charge on any atom is 0.303 e. The van der Waals surface area contributed by atoms with Gasteiger partial charge >= 0.3 is 5.97 Å². The van der Waals surface area contributed by atoms with Crippen molar-refractivity contribution in [3.63, 3.8) is 0 Å². The Morgan fingerprint density at radius 3 is 2.18 bits per heavy atom. The second-order valence-electron chi connectivity index (χ2n) is 5.64. The molecule has 6 nitrogen and oxygen atoms in total. The van der Waals surface area contributed by atoms with E-state index in [1.807, 2.05) is 0 Å². The Hall–Kier alpha value is -2.24. The minimum Gasteiger partial charge on any atom is -0.496 e. The highest BCUT2D eigenvalue weighted by atomic mass is 16.5. The lowest BCUT2D eigenvalue weighted by Crippen LogP contribution is -2.44. The quantitative estimate of drug-likeness (QED) is 0.767. The highest BCUT2D eigenvalue weighted by Gasteiger charge is 2.23. The van der Waals surface area contributed by atoms with Crippen molar-refractivity contribution in [2.24, 2.45) is 0 Å². The van der Waals surface area contributed by atoms with E-state index >= 15 is 0 Å². The van der Waals surface area contributed by atoms with Gasteiger partial charge in [-0.05, 0) is 32.4 Å². The zero-order chi connectivity index (χ0) is 16.8.